The van der Waals surface area contributed by atoms with E-state index in [9.17, 15) is 0 Å². The van der Waals surface area contributed by atoms with Gasteiger partial charge in [0.1, 0.15) is 11.4 Å². The van der Waals surface area contributed by atoms with Crippen LogP contribution in [0.5, 0.6) is 5.75 Å². The van der Waals surface area contributed by atoms with E-state index in [0.717, 1.165) is 30.9 Å². The fourth-order valence-electron chi connectivity index (χ4n) is 3.30. The number of hydrogen-bond donors (Lipinski definition) is 1. The molecule has 1 atom stereocenters. The largest absolute Gasteiger partial charge is 0.487 e. The predicted molar refractivity (Wildman–Crippen MR) is 64.5 cm³/mol. The van der Waals surface area contributed by atoms with Gasteiger partial charge in [0.15, 0.2) is 0 Å². The van der Waals surface area contributed by atoms with Gasteiger partial charge in [-0.2, -0.15) is 0 Å². The molecule has 0 saturated heterocycles. The van der Waals surface area contributed by atoms with Gasteiger partial charge in [-0.1, -0.05) is 24.6 Å². The molecular formula is C14H19NO. The van der Waals surface area contributed by atoms with Crippen LogP contribution in [-0.4, -0.2) is 5.60 Å². The molecule has 1 aromatic rings. The predicted octanol–water partition coefficient (Wildman–Crippen LogP) is 2.95. The summed E-state index contributed by atoms with van der Waals surface area (Å²) < 4.78 is 6.17. The molecule has 2 nitrogen and oxygen atoms in total. The molecule has 1 spiro atoms. The lowest BCUT2D eigenvalue weighted by molar-refractivity contribution is -0.0657. The molecule has 3 rings (SSSR count). The van der Waals surface area contributed by atoms with Crippen molar-refractivity contribution < 1.29 is 4.74 Å². The number of aryl methyl sites for hydroxylation is 1. The Morgan fingerprint density at radius 3 is 2.75 bits per heavy atom. The van der Waals surface area contributed by atoms with E-state index in [0.29, 0.717) is 0 Å². The summed E-state index contributed by atoms with van der Waals surface area (Å²) in [5, 5.41) is 0. The lowest BCUT2D eigenvalue weighted by Crippen LogP contribution is -2.52. The fraction of sp³-hybridized carbons (Fsp3) is 0.571. The summed E-state index contributed by atoms with van der Waals surface area (Å²) in [6, 6.07) is 6.49. The highest BCUT2D eigenvalue weighted by Gasteiger charge is 2.48. The molecule has 1 aliphatic carbocycles. The van der Waals surface area contributed by atoms with Crippen LogP contribution in [-0.2, 0) is 0 Å². The van der Waals surface area contributed by atoms with Gasteiger partial charge in [-0.05, 0) is 31.7 Å². The van der Waals surface area contributed by atoms with Crippen LogP contribution < -0.4 is 10.5 Å². The maximum atomic E-state index is 6.27. The molecule has 0 bridgehead atoms. The summed E-state index contributed by atoms with van der Waals surface area (Å²) in [6.07, 6.45) is 3.30. The molecule has 1 fully saturated rings. The Balaban J connectivity index is 1.94. The van der Waals surface area contributed by atoms with Gasteiger partial charge < -0.3 is 10.5 Å². The molecule has 0 aromatic heterocycles. The zero-order valence-corrected chi connectivity index (χ0v) is 9.99. The highest BCUT2D eigenvalue weighted by molar-refractivity contribution is 5.41. The molecule has 1 aliphatic heterocycles. The Morgan fingerprint density at radius 1 is 1.31 bits per heavy atom. The normalized spacial score (nSPS) is 36.4. The van der Waals surface area contributed by atoms with Crippen molar-refractivity contribution in [1.29, 1.82) is 0 Å². The van der Waals surface area contributed by atoms with Gasteiger partial charge in [-0.25, -0.2) is 0 Å². The summed E-state index contributed by atoms with van der Waals surface area (Å²) in [6.45, 7) is 4.38. The Kier molecular flexibility index (Phi) is 2.05. The first-order chi connectivity index (χ1) is 7.58. The van der Waals surface area contributed by atoms with E-state index in [1.54, 1.807) is 0 Å². The van der Waals surface area contributed by atoms with Crippen LogP contribution in [0, 0.1) is 12.8 Å². The van der Waals surface area contributed by atoms with Crippen LogP contribution in [0.2, 0.25) is 0 Å². The van der Waals surface area contributed by atoms with E-state index >= 15 is 0 Å². The Labute approximate surface area is 96.8 Å². The van der Waals surface area contributed by atoms with Gasteiger partial charge >= 0.3 is 0 Å². The molecule has 0 amide bonds. The van der Waals surface area contributed by atoms with Gasteiger partial charge in [-0.15, -0.1) is 0 Å². The minimum atomic E-state index is 0.0566. The summed E-state index contributed by atoms with van der Waals surface area (Å²) in [7, 11) is 0. The third-order valence-electron chi connectivity index (χ3n) is 3.92. The SMILES string of the molecule is Cc1ccc2c(c1)[C@H](N)CC1(CC(C)C1)O2. The molecule has 16 heavy (non-hydrogen) atoms. The van der Waals surface area contributed by atoms with Crippen LogP contribution in [0.15, 0.2) is 18.2 Å². The van der Waals surface area contributed by atoms with Crippen LogP contribution in [0.1, 0.15) is 43.4 Å². The van der Waals surface area contributed by atoms with Gasteiger partial charge in [0.2, 0.25) is 0 Å². The molecular weight excluding hydrogens is 198 g/mol. The monoisotopic (exact) mass is 217 g/mol. The summed E-state index contributed by atoms with van der Waals surface area (Å²) in [5.74, 6) is 1.80. The van der Waals surface area contributed by atoms with Crippen molar-refractivity contribution in [3.05, 3.63) is 29.3 Å². The number of benzene rings is 1. The molecule has 1 aromatic carbocycles. The second-order valence-corrected chi connectivity index (χ2v) is 5.65. The summed E-state index contributed by atoms with van der Waals surface area (Å²) >= 11 is 0. The van der Waals surface area contributed by atoms with E-state index in [2.05, 4.69) is 32.0 Å². The van der Waals surface area contributed by atoms with Gasteiger partial charge in [0.25, 0.3) is 0 Å². The Morgan fingerprint density at radius 2 is 2.06 bits per heavy atom. The number of fused-ring (bicyclic) bond motifs is 1. The number of nitrogens with two attached hydrogens (primary N) is 1. The van der Waals surface area contributed by atoms with E-state index in [1.165, 1.54) is 11.1 Å². The minimum absolute atomic E-state index is 0.0566. The second-order valence-electron chi connectivity index (χ2n) is 5.65. The quantitative estimate of drug-likeness (QED) is 0.725. The van der Waals surface area contributed by atoms with Crippen LogP contribution in [0.25, 0.3) is 0 Å². The summed E-state index contributed by atoms with van der Waals surface area (Å²) in [4.78, 5) is 0. The Bertz CT molecular complexity index is 421. The van der Waals surface area contributed by atoms with Crippen molar-refractivity contribution in [1.82, 2.24) is 0 Å². The smallest absolute Gasteiger partial charge is 0.124 e. The van der Waals surface area contributed by atoms with Crippen LogP contribution >= 0.6 is 0 Å². The molecule has 2 N–H and O–H groups in total. The second kappa shape index (κ2) is 3.24. The molecule has 1 saturated carbocycles. The van der Waals surface area contributed by atoms with Crippen molar-refractivity contribution in [2.24, 2.45) is 11.7 Å². The highest BCUT2D eigenvalue weighted by Crippen LogP contribution is 2.50. The van der Waals surface area contributed by atoms with Crippen molar-refractivity contribution in [2.45, 2.75) is 44.8 Å². The minimum Gasteiger partial charge on any atom is -0.487 e. The average molecular weight is 217 g/mol. The molecule has 86 valence electrons. The first kappa shape index (κ1) is 10.2. The topological polar surface area (TPSA) is 35.2 Å². The van der Waals surface area contributed by atoms with Crippen molar-refractivity contribution >= 4 is 0 Å². The molecule has 1 heterocycles. The van der Waals surface area contributed by atoms with E-state index in [4.69, 9.17) is 10.5 Å². The number of rotatable bonds is 0. The summed E-state index contributed by atoms with van der Waals surface area (Å²) in [5.41, 5.74) is 8.77. The number of hydrogen-bond acceptors (Lipinski definition) is 2. The van der Waals surface area contributed by atoms with Crippen molar-refractivity contribution in [3.8, 4) is 5.75 Å². The van der Waals surface area contributed by atoms with Gasteiger partial charge in [-0.3, -0.25) is 0 Å². The number of ether oxygens (including phenoxy) is 1. The molecule has 0 unspecified atom stereocenters. The van der Waals surface area contributed by atoms with Crippen LogP contribution in [0.4, 0.5) is 0 Å². The van der Waals surface area contributed by atoms with E-state index in [-0.39, 0.29) is 11.6 Å². The first-order valence-electron chi connectivity index (χ1n) is 6.13. The maximum absolute atomic E-state index is 6.27. The van der Waals surface area contributed by atoms with Crippen molar-refractivity contribution in [3.63, 3.8) is 0 Å². The fourth-order valence-corrected chi connectivity index (χ4v) is 3.30. The average Bonchev–Trinajstić information content (AvgIpc) is 2.17. The lowest BCUT2D eigenvalue weighted by atomic mass is 9.67. The first-order valence-corrected chi connectivity index (χ1v) is 6.13. The highest BCUT2D eigenvalue weighted by atomic mass is 16.5. The lowest BCUT2D eigenvalue weighted by Gasteiger charge is -2.50. The van der Waals surface area contributed by atoms with Crippen molar-refractivity contribution in [2.75, 3.05) is 0 Å². The molecule has 2 aliphatic rings. The third kappa shape index (κ3) is 1.44. The molecule has 0 radical (unpaired) electrons. The molecule has 2 heteroatoms. The standard InChI is InChI=1S/C14H19NO/c1-9-3-4-13-11(5-9)12(15)8-14(16-13)6-10(2)7-14/h3-5,10,12H,6-8,15H2,1-2H3/t10?,12-,14?/m1/s1. The zero-order chi connectivity index (χ0) is 11.3. The van der Waals surface area contributed by atoms with E-state index in [1.807, 2.05) is 0 Å². The van der Waals surface area contributed by atoms with E-state index < -0.39 is 0 Å². The van der Waals surface area contributed by atoms with Crippen LogP contribution in [0.3, 0.4) is 0 Å². The zero-order valence-electron chi connectivity index (χ0n) is 9.99. The van der Waals surface area contributed by atoms with Gasteiger partial charge in [0.05, 0.1) is 0 Å². The van der Waals surface area contributed by atoms with Gasteiger partial charge in [0, 0.05) is 18.0 Å². The third-order valence-corrected chi connectivity index (χ3v) is 3.92. The Hall–Kier alpha value is -1.02. The maximum Gasteiger partial charge on any atom is 0.124 e.